The van der Waals surface area contributed by atoms with Crippen molar-refractivity contribution in [3.63, 3.8) is 0 Å². The minimum absolute atomic E-state index is 0.0506. The van der Waals surface area contributed by atoms with Gasteiger partial charge in [0.25, 0.3) is 5.91 Å². The number of carbonyl (C=O) groups excluding carboxylic acids is 2. The number of hydrogen-bond donors (Lipinski definition) is 0. The predicted octanol–water partition coefficient (Wildman–Crippen LogP) is 6.09. The van der Waals surface area contributed by atoms with Crippen LogP contribution in [0.1, 0.15) is 47.1 Å². The molecule has 35 heavy (non-hydrogen) atoms. The number of rotatable bonds is 9. The molecule has 0 unspecified atom stereocenters. The molecule has 3 aromatic rings. The van der Waals surface area contributed by atoms with Gasteiger partial charge in [-0.25, -0.2) is 0 Å². The molecule has 2 aromatic carbocycles. The standard InChI is InChI=1S/C28H31ClN2O3S/c1-3-20(2)17-30(28(33)21-7-5-4-6-8-21)18-27(32)31-15-13-26-24(14-16-35-26)25(31)19-34-23-11-9-22(29)10-12-23/h4-12,14,16,20,25H,3,13,15,17-19H2,1-2H3/t20-,25-/m0/s1. The van der Waals surface area contributed by atoms with Crippen LogP contribution in [-0.2, 0) is 11.2 Å². The second-order valence-electron chi connectivity index (χ2n) is 8.98. The molecule has 0 fully saturated rings. The summed E-state index contributed by atoms with van der Waals surface area (Å²) in [6.07, 6.45) is 1.75. The van der Waals surface area contributed by atoms with Crippen LogP contribution in [-0.4, -0.2) is 47.9 Å². The van der Waals surface area contributed by atoms with Crippen molar-refractivity contribution in [1.29, 1.82) is 0 Å². The molecule has 1 aromatic heterocycles. The SMILES string of the molecule is CC[C@H](C)CN(CC(=O)N1CCc2sccc2[C@@H]1COc1ccc(Cl)cc1)C(=O)c1ccccc1. The number of nitrogens with zero attached hydrogens (tertiary/aromatic N) is 2. The molecular formula is C28H31ClN2O3S. The molecule has 7 heteroatoms. The molecule has 0 saturated heterocycles. The summed E-state index contributed by atoms with van der Waals surface area (Å²) in [5, 5.41) is 2.72. The van der Waals surface area contributed by atoms with Gasteiger partial charge in [-0.15, -0.1) is 11.3 Å². The molecule has 0 bridgehead atoms. The predicted molar refractivity (Wildman–Crippen MR) is 141 cm³/mol. The molecular weight excluding hydrogens is 480 g/mol. The highest BCUT2D eigenvalue weighted by molar-refractivity contribution is 7.10. The third-order valence-corrected chi connectivity index (χ3v) is 7.75. The molecule has 0 radical (unpaired) electrons. The molecule has 184 valence electrons. The van der Waals surface area contributed by atoms with Gasteiger partial charge in [0.05, 0.1) is 6.04 Å². The molecule has 2 heterocycles. The lowest BCUT2D eigenvalue weighted by Crippen LogP contribution is -2.48. The van der Waals surface area contributed by atoms with Crippen LogP contribution < -0.4 is 4.74 Å². The summed E-state index contributed by atoms with van der Waals surface area (Å²) in [6.45, 7) is 5.75. The van der Waals surface area contributed by atoms with Crippen molar-refractivity contribution in [1.82, 2.24) is 9.80 Å². The lowest BCUT2D eigenvalue weighted by Gasteiger charge is -2.37. The Morgan fingerprint density at radius 2 is 1.89 bits per heavy atom. The Labute approximate surface area is 216 Å². The lowest BCUT2D eigenvalue weighted by molar-refractivity contribution is -0.135. The lowest BCUT2D eigenvalue weighted by atomic mass is 10.00. The number of thiophene rings is 1. The molecule has 4 rings (SSSR count). The first kappa shape index (κ1) is 25.3. The van der Waals surface area contributed by atoms with Crippen LogP contribution in [0.4, 0.5) is 0 Å². The molecule has 0 aliphatic carbocycles. The van der Waals surface area contributed by atoms with Gasteiger partial charge in [0.2, 0.25) is 5.91 Å². The summed E-state index contributed by atoms with van der Waals surface area (Å²) in [7, 11) is 0. The quantitative estimate of drug-likeness (QED) is 0.350. The maximum absolute atomic E-state index is 13.7. The van der Waals surface area contributed by atoms with E-state index in [1.807, 2.05) is 35.2 Å². The van der Waals surface area contributed by atoms with Crippen LogP contribution in [0.15, 0.2) is 66.0 Å². The van der Waals surface area contributed by atoms with Gasteiger partial charge in [-0.2, -0.15) is 0 Å². The first-order valence-corrected chi connectivity index (χ1v) is 13.3. The van der Waals surface area contributed by atoms with E-state index < -0.39 is 0 Å². The number of benzene rings is 2. The van der Waals surface area contributed by atoms with E-state index in [1.54, 1.807) is 40.5 Å². The van der Waals surface area contributed by atoms with E-state index in [2.05, 4.69) is 25.3 Å². The van der Waals surface area contributed by atoms with E-state index in [0.29, 0.717) is 41.9 Å². The fourth-order valence-electron chi connectivity index (χ4n) is 4.32. The Morgan fingerprint density at radius 1 is 1.14 bits per heavy atom. The molecule has 2 amide bonds. The number of amides is 2. The Morgan fingerprint density at radius 3 is 2.60 bits per heavy atom. The van der Waals surface area contributed by atoms with Crippen LogP contribution >= 0.6 is 22.9 Å². The number of ether oxygens (including phenoxy) is 1. The zero-order valence-electron chi connectivity index (χ0n) is 20.2. The molecule has 1 aliphatic heterocycles. The molecule has 5 nitrogen and oxygen atoms in total. The summed E-state index contributed by atoms with van der Waals surface area (Å²) >= 11 is 7.72. The highest BCUT2D eigenvalue weighted by atomic mass is 35.5. The third-order valence-electron chi connectivity index (χ3n) is 6.50. The Balaban J connectivity index is 1.53. The number of carbonyl (C=O) groups is 2. The number of fused-ring (bicyclic) bond motifs is 1. The second kappa shape index (κ2) is 11.7. The van der Waals surface area contributed by atoms with Gasteiger partial charge in [0, 0.05) is 28.6 Å². The van der Waals surface area contributed by atoms with Gasteiger partial charge in [0.15, 0.2) is 0 Å². The zero-order valence-corrected chi connectivity index (χ0v) is 21.7. The van der Waals surface area contributed by atoms with E-state index >= 15 is 0 Å². The number of halogens is 1. The fourth-order valence-corrected chi connectivity index (χ4v) is 5.38. The molecule has 0 saturated carbocycles. The topological polar surface area (TPSA) is 49.9 Å². The first-order chi connectivity index (χ1) is 17.0. The molecule has 0 N–H and O–H groups in total. The van der Waals surface area contributed by atoms with Gasteiger partial charge in [0.1, 0.15) is 18.9 Å². The van der Waals surface area contributed by atoms with Crippen molar-refractivity contribution in [2.75, 3.05) is 26.2 Å². The zero-order chi connectivity index (χ0) is 24.8. The first-order valence-electron chi connectivity index (χ1n) is 12.0. The van der Waals surface area contributed by atoms with Gasteiger partial charge >= 0.3 is 0 Å². The van der Waals surface area contributed by atoms with Gasteiger partial charge in [-0.1, -0.05) is 50.1 Å². The van der Waals surface area contributed by atoms with E-state index in [1.165, 1.54) is 4.88 Å². The van der Waals surface area contributed by atoms with Crippen LogP contribution in [0.5, 0.6) is 5.75 Å². The molecule has 0 spiro atoms. The Bertz CT molecular complexity index is 1130. The fraction of sp³-hybridized carbons (Fsp3) is 0.357. The smallest absolute Gasteiger partial charge is 0.254 e. The van der Waals surface area contributed by atoms with Crippen molar-refractivity contribution in [3.05, 3.63) is 87.1 Å². The maximum atomic E-state index is 13.7. The highest BCUT2D eigenvalue weighted by Crippen LogP contribution is 2.34. The van der Waals surface area contributed by atoms with Gasteiger partial charge < -0.3 is 14.5 Å². The normalized spacial score (nSPS) is 15.9. The average Bonchev–Trinajstić information content (AvgIpc) is 3.37. The van der Waals surface area contributed by atoms with Crippen molar-refractivity contribution in [3.8, 4) is 5.75 Å². The van der Waals surface area contributed by atoms with E-state index in [4.69, 9.17) is 16.3 Å². The van der Waals surface area contributed by atoms with E-state index in [9.17, 15) is 9.59 Å². The summed E-state index contributed by atoms with van der Waals surface area (Å²) in [5.74, 6) is 0.840. The van der Waals surface area contributed by atoms with Crippen molar-refractivity contribution >= 4 is 34.8 Å². The summed E-state index contributed by atoms with van der Waals surface area (Å²) < 4.78 is 6.08. The largest absolute Gasteiger partial charge is 0.491 e. The highest BCUT2D eigenvalue weighted by Gasteiger charge is 2.34. The average molecular weight is 511 g/mol. The van der Waals surface area contributed by atoms with Gasteiger partial charge in [-0.3, -0.25) is 9.59 Å². The molecule has 2 atom stereocenters. The monoisotopic (exact) mass is 510 g/mol. The number of hydrogen-bond acceptors (Lipinski definition) is 4. The summed E-state index contributed by atoms with van der Waals surface area (Å²) in [6, 6.07) is 18.3. The van der Waals surface area contributed by atoms with Crippen molar-refractivity contribution < 1.29 is 14.3 Å². The third kappa shape index (κ3) is 6.24. The van der Waals surface area contributed by atoms with Crippen LogP contribution in [0.2, 0.25) is 5.02 Å². The molecule has 1 aliphatic rings. The maximum Gasteiger partial charge on any atom is 0.254 e. The minimum Gasteiger partial charge on any atom is -0.491 e. The Hall–Kier alpha value is -2.83. The van der Waals surface area contributed by atoms with Crippen LogP contribution in [0.25, 0.3) is 0 Å². The van der Waals surface area contributed by atoms with Crippen molar-refractivity contribution in [2.24, 2.45) is 5.92 Å². The van der Waals surface area contributed by atoms with E-state index in [0.717, 1.165) is 18.4 Å². The van der Waals surface area contributed by atoms with Crippen molar-refractivity contribution in [2.45, 2.75) is 32.7 Å². The van der Waals surface area contributed by atoms with Crippen LogP contribution in [0.3, 0.4) is 0 Å². The Kier molecular flexibility index (Phi) is 8.47. The van der Waals surface area contributed by atoms with Gasteiger partial charge in [-0.05, 0) is 65.7 Å². The minimum atomic E-state index is -0.203. The summed E-state index contributed by atoms with van der Waals surface area (Å²) in [4.78, 5) is 31.9. The summed E-state index contributed by atoms with van der Waals surface area (Å²) in [5.41, 5.74) is 1.73. The van der Waals surface area contributed by atoms with Crippen LogP contribution in [0, 0.1) is 5.92 Å². The van der Waals surface area contributed by atoms with E-state index in [-0.39, 0.29) is 24.4 Å². The second-order valence-corrected chi connectivity index (χ2v) is 10.4.